The fourth-order valence-corrected chi connectivity index (χ4v) is 13.0. The molecular formula is C68H62O8P2. The average Bonchev–Trinajstić information content (AvgIpc) is 3.95. The Morgan fingerprint density at radius 2 is 0.705 bits per heavy atom. The van der Waals surface area contributed by atoms with Crippen molar-refractivity contribution in [2.24, 2.45) is 0 Å². The zero-order valence-electron chi connectivity index (χ0n) is 45.1. The third kappa shape index (κ3) is 10.1. The third-order valence-corrected chi connectivity index (χ3v) is 16.5. The molecule has 10 aromatic rings. The van der Waals surface area contributed by atoms with Crippen molar-refractivity contribution in [1.82, 2.24) is 0 Å². The van der Waals surface area contributed by atoms with E-state index in [1.54, 1.807) is 14.2 Å². The molecule has 0 aliphatic carbocycles. The lowest BCUT2D eigenvalue weighted by Gasteiger charge is -2.43. The monoisotopic (exact) mass is 1070 g/mol. The second-order valence-corrected chi connectivity index (χ2v) is 23.4. The highest BCUT2D eigenvalue weighted by Gasteiger charge is 2.67. The van der Waals surface area contributed by atoms with Gasteiger partial charge in [0, 0.05) is 22.3 Å². The fraction of sp³-hybridized carbons (Fsp3) is 0.176. The summed E-state index contributed by atoms with van der Waals surface area (Å²) < 4.78 is 56.9. The summed E-state index contributed by atoms with van der Waals surface area (Å²) in [7, 11) is -1.18. The van der Waals surface area contributed by atoms with E-state index < -0.39 is 39.2 Å². The molecule has 10 aromatic carbocycles. The fourth-order valence-electron chi connectivity index (χ4n) is 10.4. The number of benzene rings is 10. The maximum Gasteiger partial charge on any atom is 0.530 e. The summed E-state index contributed by atoms with van der Waals surface area (Å²) in [6.45, 7) is 13.0. The van der Waals surface area contributed by atoms with Crippen LogP contribution >= 0.6 is 17.2 Å². The van der Waals surface area contributed by atoms with Crippen molar-refractivity contribution in [2.45, 2.75) is 63.6 Å². The average molecular weight is 1070 g/mol. The van der Waals surface area contributed by atoms with E-state index in [-0.39, 0.29) is 0 Å². The molecule has 0 aromatic heterocycles. The van der Waals surface area contributed by atoms with Crippen LogP contribution in [0, 0.1) is 0 Å². The van der Waals surface area contributed by atoms with E-state index in [0.717, 1.165) is 54.9 Å². The summed E-state index contributed by atoms with van der Waals surface area (Å²) in [6.07, 6.45) is 0. The van der Waals surface area contributed by atoms with Gasteiger partial charge in [0.15, 0.2) is 11.2 Å². The summed E-state index contributed by atoms with van der Waals surface area (Å²) in [5, 5.41) is 4.22. The Bertz CT molecular complexity index is 3460. The van der Waals surface area contributed by atoms with Gasteiger partial charge in [0.25, 0.3) is 0 Å². The van der Waals surface area contributed by atoms with Gasteiger partial charge in [0.05, 0.1) is 14.2 Å². The molecular weight excluding hydrogens is 1010 g/mol. The molecule has 0 atom stereocenters. The molecule has 11 rings (SSSR count). The molecule has 392 valence electrons. The number of ether oxygens (including phenoxy) is 2. The normalized spacial score (nSPS) is 14.3. The van der Waals surface area contributed by atoms with Gasteiger partial charge in [-0.25, -0.2) is 0 Å². The molecule has 78 heavy (non-hydrogen) atoms. The van der Waals surface area contributed by atoms with Crippen LogP contribution < -0.4 is 27.6 Å². The predicted octanol–water partition coefficient (Wildman–Crippen LogP) is 18.6. The summed E-state index contributed by atoms with van der Waals surface area (Å²) in [4.78, 5) is 0. The largest absolute Gasteiger partial charge is 0.530 e. The van der Waals surface area contributed by atoms with Crippen LogP contribution in [0.4, 0.5) is 0 Å². The minimum Gasteiger partial charge on any atom is -0.497 e. The lowest BCUT2D eigenvalue weighted by Crippen LogP contribution is -2.48. The second-order valence-electron chi connectivity index (χ2n) is 21.4. The first-order chi connectivity index (χ1) is 37.8. The Morgan fingerprint density at radius 3 is 1.08 bits per heavy atom. The summed E-state index contributed by atoms with van der Waals surface area (Å²) in [5.41, 5.74) is 3.01. The molecule has 0 bridgehead atoms. The highest BCUT2D eigenvalue weighted by molar-refractivity contribution is 7.43. The van der Waals surface area contributed by atoms with Gasteiger partial charge >= 0.3 is 17.2 Å². The number of rotatable bonds is 15. The molecule has 1 fully saturated rings. The zero-order valence-corrected chi connectivity index (χ0v) is 46.9. The van der Waals surface area contributed by atoms with Gasteiger partial charge in [-0.1, -0.05) is 224 Å². The highest BCUT2D eigenvalue weighted by Crippen LogP contribution is 2.71. The smallest absolute Gasteiger partial charge is 0.497 e. The first-order valence-corrected chi connectivity index (χ1v) is 28.3. The molecule has 0 N–H and O–H groups in total. The molecule has 0 radical (unpaired) electrons. The first-order valence-electron chi connectivity index (χ1n) is 26.1. The maximum absolute atomic E-state index is 7.77. The van der Waals surface area contributed by atoms with Crippen molar-refractivity contribution in [3.63, 3.8) is 0 Å². The van der Waals surface area contributed by atoms with E-state index in [1.807, 2.05) is 158 Å². The van der Waals surface area contributed by atoms with E-state index in [4.69, 9.17) is 36.6 Å². The summed E-state index contributed by atoms with van der Waals surface area (Å²) >= 11 is 0. The Kier molecular flexibility index (Phi) is 14.5. The SMILES string of the molecule is COc1cc(-c2cc(OC)cc(C(C)(C)C)c2OP2OC(c3ccccc3)(c3ccccc3)C(c3ccccc3)(c3ccccc3)O2)c(OP(Oc2ccc3ccccc3c2)Oc2ccc3ccccc3c2)c(C(C)(C)C)c1. The van der Waals surface area contributed by atoms with Crippen molar-refractivity contribution in [3.8, 4) is 45.6 Å². The van der Waals surface area contributed by atoms with Crippen LogP contribution in [-0.2, 0) is 31.1 Å². The van der Waals surface area contributed by atoms with Gasteiger partial charge < -0.3 is 27.6 Å². The molecule has 1 saturated heterocycles. The molecule has 0 spiro atoms. The third-order valence-electron chi connectivity index (χ3n) is 14.3. The van der Waals surface area contributed by atoms with Crippen LogP contribution in [0.2, 0.25) is 0 Å². The van der Waals surface area contributed by atoms with Gasteiger partial charge in [0.1, 0.15) is 34.5 Å². The molecule has 1 aliphatic rings. The van der Waals surface area contributed by atoms with Crippen molar-refractivity contribution < 1.29 is 36.6 Å². The van der Waals surface area contributed by atoms with Crippen LogP contribution in [-0.4, -0.2) is 14.2 Å². The van der Waals surface area contributed by atoms with E-state index >= 15 is 0 Å². The van der Waals surface area contributed by atoms with E-state index in [9.17, 15) is 0 Å². The Labute approximate surface area is 460 Å². The molecule has 1 heterocycles. The minimum absolute atomic E-state index is 0.504. The molecule has 0 saturated carbocycles. The maximum atomic E-state index is 7.77. The molecule has 8 nitrogen and oxygen atoms in total. The van der Waals surface area contributed by atoms with E-state index in [2.05, 4.69) is 114 Å². The van der Waals surface area contributed by atoms with Crippen LogP contribution in [0.1, 0.15) is 74.9 Å². The highest BCUT2D eigenvalue weighted by atomic mass is 31.2. The predicted molar refractivity (Wildman–Crippen MR) is 316 cm³/mol. The quantitative estimate of drug-likeness (QED) is 0.0940. The molecule has 1 aliphatic heterocycles. The van der Waals surface area contributed by atoms with Crippen LogP contribution in [0.25, 0.3) is 32.7 Å². The molecule has 0 unspecified atom stereocenters. The topological polar surface area (TPSA) is 73.8 Å². The summed E-state index contributed by atoms with van der Waals surface area (Å²) in [5.74, 6) is 3.44. The first kappa shape index (κ1) is 52.4. The summed E-state index contributed by atoms with van der Waals surface area (Å²) in [6, 6.07) is 77.8. The number of hydrogen-bond acceptors (Lipinski definition) is 8. The van der Waals surface area contributed by atoms with Gasteiger partial charge in [-0.2, -0.15) is 0 Å². The van der Waals surface area contributed by atoms with Gasteiger partial charge in [-0.05, 0) is 103 Å². The van der Waals surface area contributed by atoms with Crippen molar-refractivity contribution in [1.29, 1.82) is 0 Å². The zero-order chi connectivity index (χ0) is 54.1. The van der Waals surface area contributed by atoms with Crippen LogP contribution in [0.5, 0.6) is 34.5 Å². The van der Waals surface area contributed by atoms with Crippen LogP contribution in [0.3, 0.4) is 0 Å². The Morgan fingerprint density at radius 1 is 0.359 bits per heavy atom. The van der Waals surface area contributed by atoms with Crippen molar-refractivity contribution in [2.75, 3.05) is 14.2 Å². The van der Waals surface area contributed by atoms with Gasteiger partial charge in [-0.3, -0.25) is 9.05 Å². The van der Waals surface area contributed by atoms with Gasteiger partial charge in [0.2, 0.25) is 0 Å². The standard InChI is InChI=1S/C68H62O8P2/c1-65(2,3)61-45-57(69-7)43-59(63(61)73-77(71-55-39-37-47-25-21-23-27-49(47)41-55)72-56-40-38-48-26-22-24-28-50(48)42-56)60-44-58(70-8)46-62(66(4,5)6)64(60)74-78-75-67(51-29-13-9-14-30-51,52-31-15-10-16-32-52)68(76-78,53-33-17-11-18-34-53)54-35-19-12-20-36-54/h9-46H,1-8H3. The van der Waals surface area contributed by atoms with Crippen molar-refractivity contribution in [3.05, 3.63) is 264 Å². The minimum atomic E-state index is -2.30. The van der Waals surface area contributed by atoms with Gasteiger partial charge in [-0.15, -0.1) is 0 Å². The Hall–Kier alpha value is -7.70. The second kappa shape index (κ2) is 21.6. The van der Waals surface area contributed by atoms with E-state index in [1.165, 1.54) is 0 Å². The van der Waals surface area contributed by atoms with Crippen LogP contribution in [0.15, 0.2) is 231 Å². The van der Waals surface area contributed by atoms with E-state index in [0.29, 0.717) is 45.6 Å². The Balaban J connectivity index is 1.13. The number of hydrogen-bond donors (Lipinski definition) is 0. The number of methoxy groups -OCH3 is 2. The molecule has 0 amide bonds. The number of fused-ring (bicyclic) bond motifs is 2. The lowest BCUT2D eigenvalue weighted by molar-refractivity contribution is 0.00370. The lowest BCUT2D eigenvalue weighted by atomic mass is 9.66. The molecule has 10 heteroatoms. The van der Waals surface area contributed by atoms with Crippen molar-refractivity contribution >= 4 is 38.7 Å².